The molecule has 3 aliphatic rings. The van der Waals surface area contributed by atoms with Crippen LogP contribution in [0.2, 0.25) is 0 Å². The minimum atomic E-state index is -0.319. The molecule has 0 spiro atoms. The number of amidine groups is 2. The molecule has 0 radical (unpaired) electrons. The van der Waals surface area contributed by atoms with Crippen molar-refractivity contribution in [3.8, 4) is 27.9 Å². The largest absolute Gasteiger partial charge is 0.455 e. The van der Waals surface area contributed by atoms with E-state index in [1.54, 1.807) is 0 Å². The van der Waals surface area contributed by atoms with E-state index in [1.807, 2.05) is 24.3 Å². The van der Waals surface area contributed by atoms with Gasteiger partial charge in [-0.1, -0.05) is 189 Å². The van der Waals surface area contributed by atoms with Crippen molar-refractivity contribution in [3.05, 3.63) is 227 Å². The quantitative estimate of drug-likeness (QED) is 0.174. The molecule has 0 fully saturated rings. The molecule has 2 atom stereocenters. The van der Waals surface area contributed by atoms with E-state index in [4.69, 9.17) is 14.4 Å². The van der Waals surface area contributed by atoms with Crippen LogP contribution in [0, 0.1) is 5.92 Å². The second kappa shape index (κ2) is 15.7. The molecule has 5 heteroatoms. The van der Waals surface area contributed by atoms with E-state index in [9.17, 15) is 0 Å². The smallest absolute Gasteiger partial charge is 0.159 e. The lowest BCUT2D eigenvalue weighted by atomic mass is 9.89. The van der Waals surface area contributed by atoms with Crippen molar-refractivity contribution in [3.63, 3.8) is 0 Å². The summed E-state index contributed by atoms with van der Waals surface area (Å²) in [6, 6.07) is 57.9. The molecular weight excluding hydrogens is 781 g/mol. The van der Waals surface area contributed by atoms with Gasteiger partial charge in [-0.2, -0.15) is 0 Å². The first-order valence-electron chi connectivity index (χ1n) is 22.2. The molecule has 5 nitrogen and oxygen atoms in total. The number of allylic oxidation sites excluding steroid dienone is 6. The van der Waals surface area contributed by atoms with E-state index in [2.05, 4.69) is 199 Å². The van der Waals surface area contributed by atoms with Crippen LogP contribution in [0.25, 0.3) is 78.5 Å². The van der Waals surface area contributed by atoms with Crippen LogP contribution in [0.3, 0.4) is 0 Å². The third-order valence-electron chi connectivity index (χ3n) is 12.8. The third-order valence-corrected chi connectivity index (χ3v) is 12.8. The maximum absolute atomic E-state index is 7.16. The number of hydrogen-bond donors (Lipinski definition) is 1. The van der Waals surface area contributed by atoms with E-state index in [-0.39, 0.29) is 12.1 Å². The van der Waals surface area contributed by atoms with Crippen molar-refractivity contribution >= 4 is 62.2 Å². The second-order valence-corrected chi connectivity index (χ2v) is 16.9. The Hall–Kier alpha value is -8.02. The van der Waals surface area contributed by atoms with Crippen LogP contribution in [0.15, 0.2) is 209 Å². The summed E-state index contributed by atoms with van der Waals surface area (Å²) in [5, 5.41) is 9.42. The summed E-state index contributed by atoms with van der Waals surface area (Å²) in [6.07, 6.45) is 17.5. The number of aliphatic imine (C=N–C) groups is 2. The monoisotopic (exact) mass is 824 g/mol. The summed E-state index contributed by atoms with van der Waals surface area (Å²) in [4.78, 5) is 10.5. The standard InChI is InChI=1S/C59H44N4O/c1-38-19-17-32-48-52(35-38)63(51-34-33-47-46-31-18-30-45(39-20-7-2-8-21-39)55(46)64-56(47)53(48)51)54-49(40-22-9-3-10-23-40)36-44(37-50(54)41-24-11-4-12-25-41)59-61-57(42-26-13-5-14-27-42)60-58(62-59)43-28-15-6-16-29-43/h2-11,13-24,26-38,57H,12,25H2,1H3,(H,60,61,62)/t38-,57?/m1/s1. The molecule has 2 aliphatic carbocycles. The Bertz CT molecular complexity index is 3570. The van der Waals surface area contributed by atoms with Gasteiger partial charge in [-0.3, -0.25) is 0 Å². The fraction of sp³-hybridized carbons (Fsp3) is 0.0847. The molecule has 0 saturated heterocycles. The van der Waals surface area contributed by atoms with E-state index >= 15 is 0 Å². The maximum atomic E-state index is 7.16. The summed E-state index contributed by atoms with van der Waals surface area (Å²) < 4.78 is 9.68. The molecule has 9 aromatic rings. The highest BCUT2D eigenvalue weighted by atomic mass is 16.3. The highest BCUT2D eigenvalue weighted by Crippen LogP contribution is 2.42. The van der Waals surface area contributed by atoms with Crippen LogP contribution in [0.1, 0.15) is 48.2 Å². The SMILES string of the molecule is C[C@@H]1C=CC=c2c(n(-c3c(C4=CC=CCC4)cc(C4=NC(c5ccccc5)=NC(c5ccccc5)N4)cc3-c3ccccc3)c3ccc4c5cccc(-c6ccccc6)c5oc4c23)=C1. The Morgan fingerprint density at radius 2 is 1.31 bits per heavy atom. The Morgan fingerprint density at radius 1 is 0.625 bits per heavy atom. The van der Waals surface area contributed by atoms with Gasteiger partial charge >= 0.3 is 0 Å². The van der Waals surface area contributed by atoms with Crippen LogP contribution < -0.4 is 15.9 Å². The molecule has 306 valence electrons. The van der Waals surface area contributed by atoms with Gasteiger partial charge in [0.05, 0.1) is 21.9 Å². The summed E-state index contributed by atoms with van der Waals surface area (Å²) in [5.41, 5.74) is 14.0. The Morgan fingerprint density at radius 3 is 2.05 bits per heavy atom. The predicted octanol–water partition coefficient (Wildman–Crippen LogP) is 12.9. The van der Waals surface area contributed by atoms with Gasteiger partial charge in [-0.05, 0) is 65.3 Å². The fourth-order valence-electron chi connectivity index (χ4n) is 9.77. The first-order chi connectivity index (χ1) is 31.7. The molecule has 2 aromatic heterocycles. The van der Waals surface area contributed by atoms with Gasteiger partial charge in [-0.15, -0.1) is 0 Å². The number of para-hydroxylation sites is 1. The number of fused-ring (bicyclic) bond motifs is 7. The minimum Gasteiger partial charge on any atom is -0.455 e. The van der Waals surface area contributed by atoms with Gasteiger partial charge in [0.2, 0.25) is 0 Å². The van der Waals surface area contributed by atoms with Crippen molar-refractivity contribution in [2.45, 2.75) is 25.9 Å². The van der Waals surface area contributed by atoms with Crippen molar-refractivity contribution in [2.75, 3.05) is 0 Å². The van der Waals surface area contributed by atoms with Gasteiger partial charge in [0.15, 0.2) is 5.84 Å². The van der Waals surface area contributed by atoms with Crippen molar-refractivity contribution in [2.24, 2.45) is 15.9 Å². The molecule has 3 heterocycles. The van der Waals surface area contributed by atoms with Crippen molar-refractivity contribution in [1.82, 2.24) is 9.88 Å². The molecule has 1 aliphatic heterocycles. The number of hydrogen-bond acceptors (Lipinski definition) is 4. The van der Waals surface area contributed by atoms with Gasteiger partial charge in [-0.25, -0.2) is 9.98 Å². The van der Waals surface area contributed by atoms with Crippen LogP contribution in [-0.2, 0) is 0 Å². The second-order valence-electron chi connectivity index (χ2n) is 16.9. The summed E-state index contributed by atoms with van der Waals surface area (Å²) in [7, 11) is 0. The van der Waals surface area contributed by atoms with Gasteiger partial charge in [0, 0.05) is 43.8 Å². The highest BCUT2D eigenvalue weighted by molar-refractivity contribution is 6.18. The lowest BCUT2D eigenvalue weighted by Crippen LogP contribution is -2.34. The lowest BCUT2D eigenvalue weighted by molar-refractivity contribution is 0.673. The molecule has 12 rings (SSSR count). The highest BCUT2D eigenvalue weighted by Gasteiger charge is 2.27. The first kappa shape index (κ1) is 37.7. The van der Waals surface area contributed by atoms with E-state index in [0.29, 0.717) is 5.84 Å². The minimum absolute atomic E-state index is 0.197. The lowest BCUT2D eigenvalue weighted by Gasteiger charge is -2.26. The Kier molecular flexibility index (Phi) is 9.26. The van der Waals surface area contributed by atoms with Crippen LogP contribution in [0.5, 0.6) is 0 Å². The number of benzene rings is 7. The zero-order valence-corrected chi connectivity index (χ0v) is 35.4. The Labute approximate surface area is 371 Å². The molecule has 0 saturated carbocycles. The first-order valence-corrected chi connectivity index (χ1v) is 22.2. The third kappa shape index (κ3) is 6.47. The summed E-state index contributed by atoms with van der Waals surface area (Å²) >= 11 is 0. The van der Waals surface area contributed by atoms with Gasteiger partial charge < -0.3 is 14.3 Å². The molecule has 0 bridgehead atoms. The fourth-order valence-corrected chi connectivity index (χ4v) is 9.77. The zero-order chi connectivity index (χ0) is 42.6. The molecular formula is C59H44N4O. The maximum Gasteiger partial charge on any atom is 0.159 e. The molecule has 64 heavy (non-hydrogen) atoms. The Balaban J connectivity index is 1.17. The van der Waals surface area contributed by atoms with Crippen LogP contribution >= 0.6 is 0 Å². The normalized spacial score (nSPS) is 16.9. The summed E-state index contributed by atoms with van der Waals surface area (Å²) in [5.74, 6) is 1.68. The van der Waals surface area contributed by atoms with Gasteiger partial charge in [0.1, 0.15) is 23.2 Å². The molecule has 1 unspecified atom stereocenters. The van der Waals surface area contributed by atoms with Crippen LogP contribution in [-0.4, -0.2) is 16.2 Å². The topological polar surface area (TPSA) is 54.8 Å². The summed E-state index contributed by atoms with van der Waals surface area (Å²) in [6.45, 7) is 2.27. The van der Waals surface area contributed by atoms with Crippen molar-refractivity contribution in [1.29, 1.82) is 0 Å². The molecule has 1 N–H and O–H groups in total. The van der Waals surface area contributed by atoms with E-state index < -0.39 is 0 Å². The van der Waals surface area contributed by atoms with Crippen LogP contribution in [0.4, 0.5) is 0 Å². The predicted molar refractivity (Wildman–Crippen MR) is 266 cm³/mol. The molecule has 0 amide bonds. The number of aromatic nitrogens is 1. The van der Waals surface area contributed by atoms with Crippen molar-refractivity contribution < 1.29 is 4.42 Å². The number of furan rings is 1. The van der Waals surface area contributed by atoms with E-state index in [1.165, 1.54) is 11.1 Å². The molecule has 7 aromatic carbocycles. The van der Waals surface area contributed by atoms with E-state index in [0.717, 1.165) is 107 Å². The zero-order valence-electron chi connectivity index (χ0n) is 35.4. The number of rotatable bonds is 7. The number of nitrogens with one attached hydrogen (secondary N) is 1. The van der Waals surface area contributed by atoms with Gasteiger partial charge in [0.25, 0.3) is 0 Å². The average molecular weight is 825 g/mol. The number of nitrogens with zero attached hydrogens (tertiary/aromatic N) is 3. The average Bonchev–Trinajstić information content (AvgIpc) is 3.82.